The molecule has 9 heteroatoms. The van der Waals surface area contributed by atoms with Crippen molar-refractivity contribution in [3.8, 4) is 11.8 Å². The SMILES string of the molecule is CN1C(=O)CN([C@H]2CC[C@H](N(c3ccccc3OCOCC[Si](C)(C)C)C3CC3)CC2)c2nc(C#N)ccc21. The number of rotatable bonds is 10. The van der Waals surface area contributed by atoms with Gasteiger partial charge in [-0.3, -0.25) is 4.79 Å². The summed E-state index contributed by atoms with van der Waals surface area (Å²) in [5, 5.41) is 9.42. The Balaban J connectivity index is 1.26. The third kappa shape index (κ3) is 6.39. The zero-order valence-electron chi connectivity index (χ0n) is 23.7. The monoisotopic (exact) mass is 547 g/mol. The average molecular weight is 548 g/mol. The summed E-state index contributed by atoms with van der Waals surface area (Å²) in [7, 11) is 0.659. The summed E-state index contributed by atoms with van der Waals surface area (Å²) >= 11 is 0. The van der Waals surface area contributed by atoms with Crippen molar-refractivity contribution >= 4 is 31.2 Å². The zero-order chi connectivity index (χ0) is 27.6. The van der Waals surface area contributed by atoms with Gasteiger partial charge in [-0.25, -0.2) is 4.98 Å². The number of para-hydroxylation sites is 2. The van der Waals surface area contributed by atoms with Gasteiger partial charge in [0.2, 0.25) is 5.91 Å². The molecule has 3 aliphatic rings. The Labute approximate surface area is 233 Å². The van der Waals surface area contributed by atoms with E-state index in [0.717, 1.165) is 61.3 Å². The van der Waals surface area contributed by atoms with E-state index >= 15 is 0 Å². The molecule has 0 N–H and O–H groups in total. The highest BCUT2D eigenvalue weighted by atomic mass is 28.3. The van der Waals surface area contributed by atoms with E-state index in [1.807, 2.05) is 12.1 Å². The number of carbonyl (C=O) groups is 1. The minimum Gasteiger partial charge on any atom is -0.465 e. The van der Waals surface area contributed by atoms with Gasteiger partial charge >= 0.3 is 0 Å². The number of nitriles is 1. The number of ether oxygens (including phenoxy) is 2. The molecule has 1 aromatic carbocycles. The van der Waals surface area contributed by atoms with Crippen LogP contribution in [0.2, 0.25) is 25.7 Å². The molecule has 0 radical (unpaired) electrons. The van der Waals surface area contributed by atoms with Gasteiger partial charge in [0.25, 0.3) is 0 Å². The van der Waals surface area contributed by atoms with E-state index in [4.69, 9.17) is 9.47 Å². The number of likely N-dealkylation sites (N-methyl/N-ethyl adjacent to an activating group) is 1. The number of benzene rings is 1. The van der Waals surface area contributed by atoms with Crippen molar-refractivity contribution in [2.24, 2.45) is 0 Å². The van der Waals surface area contributed by atoms with Gasteiger partial charge in [-0.15, -0.1) is 0 Å². The number of aromatic nitrogens is 1. The third-order valence-electron chi connectivity index (χ3n) is 8.16. The number of fused-ring (bicyclic) bond motifs is 1. The van der Waals surface area contributed by atoms with E-state index in [1.54, 1.807) is 18.0 Å². The van der Waals surface area contributed by atoms with Gasteiger partial charge in [0, 0.05) is 39.9 Å². The summed E-state index contributed by atoms with van der Waals surface area (Å²) in [6.45, 7) is 8.40. The molecule has 0 unspecified atom stereocenters. The van der Waals surface area contributed by atoms with Crippen LogP contribution in [0.1, 0.15) is 44.2 Å². The number of nitrogens with zero attached hydrogens (tertiary/aromatic N) is 5. The van der Waals surface area contributed by atoms with Gasteiger partial charge < -0.3 is 24.2 Å². The van der Waals surface area contributed by atoms with Crippen molar-refractivity contribution in [3.05, 3.63) is 42.1 Å². The van der Waals surface area contributed by atoms with Crippen molar-refractivity contribution in [1.82, 2.24) is 4.98 Å². The third-order valence-corrected chi connectivity index (χ3v) is 9.86. The van der Waals surface area contributed by atoms with Crippen LogP contribution in [0.3, 0.4) is 0 Å². The highest BCUT2D eigenvalue weighted by molar-refractivity contribution is 6.76. The molecular weight excluding hydrogens is 506 g/mol. The molecule has 2 aliphatic carbocycles. The van der Waals surface area contributed by atoms with E-state index in [2.05, 4.69) is 58.7 Å². The first kappa shape index (κ1) is 27.5. The van der Waals surface area contributed by atoms with Crippen molar-refractivity contribution in [3.63, 3.8) is 0 Å². The highest BCUT2D eigenvalue weighted by Gasteiger charge is 2.40. The van der Waals surface area contributed by atoms with E-state index in [1.165, 1.54) is 12.8 Å². The first-order chi connectivity index (χ1) is 18.7. The molecule has 39 heavy (non-hydrogen) atoms. The lowest BCUT2D eigenvalue weighted by Crippen LogP contribution is -2.51. The quantitative estimate of drug-likeness (QED) is 0.224. The maximum Gasteiger partial charge on any atom is 0.246 e. The molecule has 0 spiro atoms. The normalized spacial score (nSPS) is 21.4. The predicted molar refractivity (Wildman–Crippen MR) is 157 cm³/mol. The van der Waals surface area contributed by atoms with Gasteiger partial charge in [0.05, 0.1) is 17.9 Å². The first-order valence-corrected chi connectivity index (χ1v) is 18.0. The van der Waals surface area contributed by atoms with Crippen LogP contribution in [0.25, 0.3) is 0 Å². The molecule has 2 aromatic rings. The van der Waals surface area contributed by atoms with Gasteiger partial charge in [-0.2, -0.15) is 5.26 Å². The fourth-order valence-corrected chi connectivity index (χ4v) is 6.52. The summed E-state index contributed by atoms with van der Waals surface area (Å²) in [5.41, 5.74) is 2.33. The molecule has 0 saturated heterocycles. The lowest BCUT2D eigenvalue weighted by molar-refractivity contribution is -0.117. The lowest BCUT2D eigenvalue weighted by Gasteiger charge is -2.44. The molecular formula is C30H41N5O3Si. The predicted octanol–water partition coefficient (Wildman–Crippen LogP) is 5.41. The molecule has 208 valence electrons. The molecule has 5 rings (SSSR count). The van der Waals surface area contributed by atoms with Crippen LogP contribution in [-0.4, -0.2) is 64.1 Å². The number of carbonyl (C=O) groups excluding carboxylic acids is 1. The van der Waals surface area contributed by atoms with Crippen LogP contribution < -0.4 is 19.4 Å². The Morgan fingerprint density at radius 1 is 1.05 bits per heavy atom. The van der Waals surface area contributed by atoms with Crippen LogP contribution in [0.4, 0.5) is 17.2 Å². The molecule has 2 heterocycles. The summed E-state index contributed by atoms with van der Waals surface area (Å²) in [6, 6.07) is 16.4. The second-order valence-electron chi connectivity index (χ2n) is 12.3. The number of amides is 1. The van der Waals surface area contributed by atoms with Gasteiger partial charge in [-0.05, 0) is 68.8 Å². The molecule has 1 aliphatic heterocycles. The average Bonchev–Trinajstić information content (AvgIpc) is 3.76. The summed E-state index contributed by atoms with van der Waals surface area (Å²) in [5.74, 6) is 1.71. The van der Waals surface area contributed by atoms with Crippen molar-refractivity contribution in [2.45, 2.75) is 82.3 Å². The lowest BCUT2D eigenvalue weighted by atomic mass is 9.88. The van der Waals surface area contributed by atoms with Gasteiger partial charge in [0.1, 0.15) is 17.5 Å². The zero-order valence-corrected chi connectivity index (χ0v) is 24.7. The largest absolute Gasteiger partial charge is 0.465 e. The molecule has 2 fully saturated rings. The molecule has 1 amide bonds. The molecule has 0 atom stereocenters. The Morgan fingerprint density at radius 3 is 2.41 bits per heavy atom. The van der Waals surface area contributed by atoms with E-state index in [9.17, 15) is 10.1 Å². The van der Waals surface area contributed by atoms with Crippen LogP contribution in [0.15, 0.2) is 36.4 Å². The van der Waals surface area contributed by atoms with E-state index in [-0.39, 0.29) is 18.7 Å². The first-order valence-electron chi connectivity index (χ1n) is 14.3. The Bertz CT molecular complexity index is 1210. The Hall–Kier alpha value is -3.09. The maximum atomic E-state index is 12.8. The molecule has 1 aromatic heterocycles. The van der Waals surface area contributed by atoms with Gasteiger partial charge in [0.15, 0.2) is 12.6 Å². The summed E-state index contributed by atoms with van der Waals surface area (Å²) in [4.78, 5) is 23.8. The van der Waals surface area contributed by atoms with Gasteiger partial charge in [-0.1, -0.05) is 31.8 Å². The Kier molecular flexibility index (Phi) is 8.15. The summed E-state index contributed by atoms with van der Waals surface area (Å²) in [6.07, 6.45) is 6.45. The Morgan fingerprint density at radius 2 is 1.74 bits per heavy atom. The van der Waals surface area contributed by atoms with Crippen LogP contribution in [-0.2, 0) is 9.53 Å². The fraction of sp³-hybridized carbons (Fsp3) is 0.567. The van der Waals surface area contributed by atoms with E-state index in [0.29, 0.717) is 24.3 Å². The van der Waals surface area contributed by atoms with Crippen molar-refractivity contribution in [1.29, 1.82) is 5.26 Å². The number of hydrogen-bond donors (Lipinski definition) is 0. The summed E-state index contributed by atoms with van der Waals surface area (Å²) < 4.78 is 12.0. The number of anilines is 3. The minimum atomic E-state index is -1.13. The standard InChI is InChI=1S/C30H41N5O3Si/c1-33-27-16-9-22(19-31)32-30(27)34(20-29(33)36)23-10-12-24(13-11-23)35(25-14-15-25)26-7-5-6-8-28(26)38-21-37-17-18-39(2,3)4/h5-9,16,23-25H,10-15,17-18,20-21H2,1-4H3/t23-,24-. The second-order valence-corrected chi connectivity index (χ2v) is 17.9. The fourth-order valence-electron chi connectivity index (χ4n) is 5.77. The topological polar surface area (TPSA) is 81.9 Å². The second kappa shape index (κ2) is 11.6. The minimum absolute atomic E-state index is 0.0638. The smallest absolute Gasteiger partial charge is 0.246 e. The maximum absolute atomic E-state index is 12.8. The number of hydrogen-bond acceptors (Lipinski definition) is 7. The highest BCUT2D eigenvalue weighted by Crippen LogP contribution is 2.43. The molecule has 2 saturated carbocycles. The molecule has 0 bridgehead atoms. The van der Waals surface area contributed by atoms with Crippen LogP contribution in [0, 0.1) is 11.3 Å². The molecule has 8 nitrogen and oxygen atoms in total. The van der Waals surface area contributed by atoms with Crippen LogP contribution >= 0.6 is 0 Å². The number of pyridine rings is 1. The van der Waals surface area contributed by atoms with Crippen molar-refractivity contribution in [2.75, 3.05) is 41.7 Å². The van der Waals surface area contributed by atoms with E-state index < -0.39 is 8.07 Å². The van der Waals surface area contributed by atoms with Crippen molar-refractivity contribution < 1.29 is 14.3 Å². The van der Waals surface area contributed by atoms with Crippen LogP contribution in [0.5, 0.6) is 5.75 Å².